The quantitative estimate of drug-likeness (QED) is 0.118. The van der Waals surface area contributed by atoms with E-state index in [1.807, 2.05) is 11.0 Å². The Balaban J connectivity index is 2.72. The predicted octanol–water partition coefficient (Wildman–Crippen LogP) is 9.37. The number of hydrogen-bond donors (Lipinski definition) is 0. The third-order valence-corrected chi connectivity index (χ3v) is 24.6. The maximum Gasteiger partial charge on any atom is 0.308 e. The van der Waals surface area contributed by atoms with Gasteiger partial charge in [0.15, 0.2) is 25.0 Å². The van der Waals surface area contributed by atoms with E-state index in [9.17, 15) is 4.79 Å². The first-order valence-electron chi connectivity index (χ1n) is 16.5. The van der Waals surface area contributed by atoms with E-state index in [-0.39, 0.29) is 64.1 Å². The highest BCUT2D eigenvalue weighted by Crippen LogP contribution is 2.47. The van der Waals surface area contributed by atoms with Crippen LogP contribution in [0.5, 0.6) is 0 Å². The van der Waals surface area contributed by atoms with Crippen LogP contribution in [0, 0.1) is 0 Å². The zero-order valence-electron chi connectivity index (χ0n) is 30.8. The first-order valence-corrected chi connectivity index (χ1v) is 26.5. The van der Waals surface area contributed by atoms with Gasteiger partial charge in [-0.1, -0.05) is 84.9 Å². The first-order chi connectivity index (χ1) is 19.8. The van der Waals surface area contributed by atoms with E-state index in [1.54, 1.807) is 0 Å². The molecule has 0 aliphatic carbocycles. The Morgan fingerprint density at radius 3 is 1.77 bits per heavy atom. The van der Waals surface area contributed by atoms with Gasteiger partial charge < -0.3 is 27.5 Å². The van der Waals surface area contributed by atoms with Crippen LogP contribution in [0.3, 0.4) is 0 Å². The number of esters is 1. The Morgan fingerprint density at radius 2 is 1.32 bits per heavy atom. The molecule has 0 amide bonds. The second kappa shape index (κ2) is 14.9. The highest BCUT2D eigenvalue weighted by atomic mass is 127. The van der Waals surface area contributed by atoms with Gasteiger partial charge in [0.25, 0.3) is 0 Å². The van der Waals surface area contributed by atoms with E-state index in [1.165, 1.54) is 0 Å². The van der Waals surface area contributed by atoms with Crippen LogP contribution in [-0.2, 0) is 32.3 Å². The molecule has 2 aliphatic heterocycles. The molecule has 2 heterocycles. The Labute approximate surface area is 286 Å². The standard InChI is InChI=1S/C33H65IO7Si3/c1-17-36-26(35)22-23-18-19-24-27(37-23)29(40-43(13,14)32(5,6)7)30(41-44(15,16)33(8,9)10)28(38-24)25(20-21-34)39-42(11,12)31(2,3)4/h20-21,23-25,27-30H,17-19,22H2,1-16H3/b21-20+/t23-,24+,25?,27+,28+,29?,30?/m1/s1. The molecule has 2 saturated heterocycles. The van der Waals surface area contributed by atoms with Crippen LogP contribution in [0.25, 0.3) is 0 Å². The Hall–Kier alpha value is 0.391. The van der Waals surface area contributed by atoms with Crippen molar-refractivity contribution in [2.75, 3.05) is 6.61 Å². The van der Waals surface area contributed by atoms with Crippen LogP contribution >= 0.6 is 22.6 Å². The van der Waals surface area contributed by atoms with E-state index < -0.39 is 31.1 Å². The van der Waals surface area contributed by atoms with Crippen molar-refractivity contribution >= 4 is 53.5 Å². The molecule has 2 rings (SSSR count). The number of rotatable bonds is 11. The second-order valence-electron chi connectivity index (χ2n) is 17.3. The summed E-state index contributed by atoms with van der Waals surface area (Å²) < 4.78 is 43.2. The fourth-order valence-electron chi connectivity index (χ4n) is 4.91. The lowest BCUT2D eigenvalue weighted by atomic mass is 9.87. The topological polar surface area (TPSA) is 72.5 Å². The van der Waals surface area contributed by atoms with Gasteiger partial charge in [0.05, 0.1) is 31.3 Å². The van der Waals surface area contributed by atoms with Gasteiger partial charge in [0.1, 0.15) is 24.4 Å². The van der Waals surface area contributed by atoms with E-state index >= 15 is 0 Å². The van der Waals surface area contributed by atoms with Crippen molar-refractivity contribution in [3.8, 4) is 0 Å². The Bertz CT molecular complexity index is 981. The van der Waals surface area contributed by atoms with E-state index in [4.69, 9.17) is 27.5 Å². The van der Waals surface area contributed by atoms with E-state index in [0.29, 0.717) is 6.61 Å². The van der Waals surface area contributed by atoms with Gasteiger partial charge in [-0.3, -0.25) is 4.79 Å². The smallest absolute Gasteiger partial charge is 0.308 e. The Kier molecular flexibility index (Phi) is 13.7. The summed E-state index contributed by atoms with van der Waals surface area (Å²) in [6.45, 7) is 36.4. The molecule has 44 heavy (non-hydrogen) atoms. The number of hydrogen-bond acceptors (Lipinski definition) is 7. The van der Waals surface area contributed by atoms with Crippen molar-refractivity contribution < 1.29 is 32.3 Å². The molecule has 0 aromatic heterocycles. The average molecular weight is 785 g/mol. The lowest BCUT2D eigenvalue weighted by molar-refractivity contribution is -0.267. The number of halogens is 1. The molecule has 0 spiro atoms. The molecule has 7 nitrogen and oxygen atoms in total. The van der Waals surface area contributed by atoms with Gasteiger partial charge >= 0.3 is 5.97 Å². The minimum Gasteiger partial charge on any atom is -0.466 e. The van der Waals surface area contributed by atoms with Crippen LogP contribution in [0.15, 0.2) is 10.2 Å². The van der Waals surface area contributed by atoms with Crippen LogP contribution in [0.2, 0.25) is 54.4 Å². The normalized spacial score (nSPS) is 28.6. The van der Waals surface area contributed by atoms with Crippen molar-refractivity contribution in [3.63, 3.8) is 0 Å². The molecule has 2 fully saturated rings. The molecule has 258 valence electrons. The summed E-state index contributed by atoms with van der Waals surface area (Å²) in [4.78, 5) is 12.5. The molecular weight excluding hydrogens is 720 g/mol. The lowest BCUT2D eigenvalue weighted by Crippen LogP contribution is -2.69. The third kappa shape index (κ3) is 9.96. The summed E-state index contributed by atoms with van der Waals surface area (Å²) in [7, 11) is -6.80. The van der Waals surface area contributed by atoms with Crippen molar-refractivity contribution in [1.29, 1.82) is 0 Å². The molecule has 0 bridgehead atoms. The fourth-order valence-corrected chi connectivity index (χ4v) is 9.17. The minimum absolute atomic E-state index is 0.0179. The highest BCUT2D eigenvalue weighted by Gasteiger charge is 2.57. The fraction of sp³-hybridized carbons (Fsp3) is 0.909. The van der Waals surface area contributed by atoms with Gasteiger partial charge in [-0.15, -0.1) is 0 Å². The van der Waals surface area contributed by atoms with Crippen LogP contribution in [0.1, 0.15) is 88.5 Å². The summed E-state index contributed by atoms with van der Waals surface area (Å²) in [5.41, 5.74) is 0. The minimum atomic E-state index is -2.32. The summed E-state index contributed by atoms with van der Waals surface area (Å²) in [6.07, 6.45) is 1.63. The highest BCUT2D eigenvalue weighted by molar-refractivity contribution is 14.1. The predicted molar refractivity (Wildman–Crippen MR) is 197 cm³/mol. The van der Waals surface area contributed by atoms with Gasteiger partial charge in [-0.05, 0) is 84.3 Å². The van der Waals surface area contributed by atoms with Crippen molar-refractivity contribution in [1.82, 2.24) is 0 Å². The average Bonchev–Trinajstić information content (AvgIpc) is 2.83. The largest absolute Gasteiger partial charge is 0.466 e. The Morgan fingerprint density at radius 1 is 0.818 bits per heavy atom. The molecule has 0 radical (unpaired) electrons. The summed E-state index contributed by atoms with van der Waals surface area (Å²) in [5.74, 6) is -0.225. The monoisotopic (exact) mass is 784 g/mol. The van der Waals surface area contributed by atoms with Crippen molar-refractivity contribution in [2.24, 2.45) is 0 Å². The molecule has 2 aliphatic rings. The zero-order valence-corrected chi connectivity index (χ0v) is 35.9. The molecule has 0 aromatic carbocycles. The van der Waals surface area contributed by atoms with Gasteiger partial charge in [-0.2, -0.15) is 0 Å². The molecule has 0 saturated carbocycles. The van der Waals surface area contributed by atoms with Crippen molar-refractivity contribution in [2.45, 2.75) is 186 Å². The second-order valence-corrected chi connectivity index (χ2v) is 32.3. The number of ether oxygens (including phenoxy) is 3. The molecular formula is C33H65IO7Si3. The van der Waals surface area contributed by atoms with Crippen LogP contribution in [-0.4, -0.2) is 80.3 Å². The molecule has 3 unspecified atom stereocenters. The molecule has 0 N–H and O–H groups in total. The summed E-state index contributed by atoms with van der Waals surface area (Å²) in [5, 5.41) is -0.0106. The van der Waals surface area contributed by atoms with E-state index in [2.05, 4.69) is 130 Å². The molecule has 11 heteroatoms. The summed E-state index contributed by atoms with van der Waals surface area (Å²) >= 11 is 2.29. The summed E-state index contributed by atoms with van der Waals surface area (Å²) in [6, 6.07) is 0. The van der Waals surface area contributed by atoms with Gasteiger partial charge in [0, 0.05) is 0 Å². The maximum absolute atomic E-state index is 12.5. The van der Waals surface area contributed by atoms with Crippen LogP contribution in [0.4, 0.5) is 0 Å². The third-order valence-electron chi connectivity index (χ3n) is 10.8. The first kappa shape index (κ1) is 40.6. The molecule has 0 aromatic rings. The van der Waals surface area contributed by atoms with Crippen LogP contribution < -0.4 is 0 Å². The number of fused-ring (bicyclic) bond motifs is 1. The number of carbonyl (C=O) groups excluding carboxylic acids is 1. The van der Waals surface area contributed by atoms with Gasteiger partial charge in [0.2, 0.25) is 0 Å². The lowest BCUT2D eigenvalue weighted by Gasteiger charge is -2.56. The number of carbonyl (C=O) groups is 1. The SMILES string of the molecule is CCOC(=O)C[C@H]1CC[C@@H]2O[C@@H](C(/C=C/I)O[Si](C)(C)C(C)(C)C)C(O[Si](C)(C)C(C)(C)C)C(O[Si](C)(C)C(C)(C)C)[C@H]2O1. The van der Waals surface area contributed by atoms with Crippen molar-refractivity contribution in [3.05, 3.63) is 10.2 Å². The van der Waals surface area contributed by atoms with E-state index in [0.717, 1.165) is 12.8 Å². The molecule has 7 atom stereocenters. The maximum atomic E-state index is 12.5. The zero-order chi connectivity index (χ0) is 34.1. The van der Waals surface area contributed by atoms with Gasteiger partial charge in [-0.25, -0.2) is 0 Å².